The van der Waals surface area contributed by atoms with Gasteiger partial charge in [0.05, 0.1) is 18.6 Å². The van der Waals surface area contributed by atoms with E-state index in [1.54, 1.807) is 31.4 Å². The fourth-order valence-corrected chi connectivity index (χ4v) is 3.64. The molecule has 4 rings (SSSR count). The molecule has 3 aromatic carbocycles. The topological polar surface area (TPSA) is 64.1 Å². The van der Waals surface area contributed by atoms with Crippen molar-refractivity contribution in [3.05, 3.63) is 91.0 Å². The van der Waals surface area contributed by atoms with Gasteiger partial charge in [0.1, 0.15) is 10.8 Å². The summed E-state index contributed by atoms with van der Waals surface area (Å²) in [6, 6.07) is 29.5. The number of nitrogens with one attached hydrogen (secondary N) is 1. The third-order valence-electron chi connectivity index (χ3n) is 4.65. The van der Waals surface area contributed by atoms with Crippen LogP contribution >= 0.6 is 11.8 Å². The Morgan fingerprint density at radius 3 is 2.13 bits per heavy atom. The number of aromatic nitrogens is 2. The van der Waals surface area contributed by atoms with Gasteiger partial charge in [0.15, 0.2) is 0 Å². The van der Waals surface area contributed by atoms with Gasteiger partial charge in [-0.2, -0.15) is 0 Å². The van der Waals surface area contributed by atoms with Gasteiger partial charge in [-0.05, 0) is 47.5 Å². The standard InChI is InChI=1S/C25H21N3O2S/c1-30-22-13-11-21(12-14-22)26-24(29)17-31-25-16-15-23(27-28-25)20-9-7-19(8-10-20)18-5-3-2-4-6-18/h2-16H,17H2,1H3,(H,26,29). The molecule has 0 fully saturated rings. The van der Waals surface area contributed by atoms with Crippen molar-refractivity contribution in [2.45, 2.75) is 5.03 Å². The summed E-state index contributed by atoms with van der Waals surface area (Å²) in [6.45, 7) is 0. The van der Waals surface area contributed by atoms with Crippen LogP contribution in [0.1, 0.15) is 0 Å². The van der Waals surface area contributed by atoms with Crippen LogP contribution in [0, 0.1) is 0 Å². The highest BCUT2D eigenvalue weighted by Gasteiger charge is 2.07. The van der Waals surface area contributed by atoms with Crippen LogP contribution in [-0.4, -0.2) is 29.0 Å². The molecule has 5 nitrogen and oxygen atoms in total. The largest absolute Gasteiger partial charge is 0.497 e. The smallest absolute Gasteiger partial charge is 0.234 e. The van der Waals surface area contributed by atoms with Crippen molar-refractivity contribution in [1.82, 2.24) is 10.2 Å². The summed E-state index contributed by atoms with van der Waals surface area (Å²) in [6.07, 6.45) is 0. The Morgan fingerprint density at radius 1 is 0.806 bits per heavy atom. The normalized spacial score (nSPS) is 10.5. The van der Waals surface area contributed by atoms with Gasteiger partial charge in [-0.15, -0.1) is 10.2 Å². The number of carbonyl (C=O) groups is 1. The summed E-state index contributed by atoms with van der Waals surface area (Å²) < 4.78 is 5.12. The summed E-state index contributed by atoms with van der Waals surface area (Å²) in [5.74, 6) is 0.904. The molecular weight excluding hydrogens is 406 g/mol. The van der Waals surface area contributed by atoms with Crippen LogP contribution in [-0.2, 0) is 4.79 Å². The second-order valence-electron chi connectivity index (χ2n) is 6.77. The van der Waals surface area contributed by atoms with Crippen LogP contribution in [0.4, 0.5) is 5.69 Å². The second kappa shape index (κ2) is 9.91. The lowest BCUT2D eigenvalue weighted by atomic mass is 10.0. The van der Waals surface area contributed by atoms with Crippen molar-refractivity contribution < 1.29 is 9.53 Å². The van der Waals surface area contributed by atoms with Gasteiger partial charge >= 0.3 is 0 Å². The Bertz CT molecular complexity index is 1130. The molecule has 0 saturated heterocycles. The number of hydrogen-bond acceptors (Lipinski definition) is 5. The first-order chi connectivity index (χ1) is 15.2. The Labute approximate surface area is 185 Å². The van der Waals surface area contributed by atoms with Crippen LogP contribution in [0.15, 0.2) is 96.0 Å². The van der Waals surface area contributed by atoms with Gasteiger partial charge in [-0.25, -0.2) is 0 Å². The van der Waals surface area contributed by atoms with Crippen LogP contribution in [0.2, 0.25) is 0 Å². The van der Waals surface area contributed by atoms with E-state index in [0.29, 0.717) is 5.03 Å². The number of amides is 1. The first-order valence-electron chi connectivity index (χ1n) is 9.77. The highest BCUT2D eigenvalue weighted by Crippen LogP contribution is 2.24. The minimum Gasteiger partial charge on any atom is -0.497 e. The van der Waals surface area contributed by atoms with E-state index in [9.17, 15) is 4.79 Å². The molecule has 0 aliphatic rings. The molecule has 0 spiro atoms. The Hall–Kier alpha value is -3.64. The average Bonchev–Trinajstić information content (AvgIpc) is 2.84. The lowest BCUT2D eigenvalue weighted by Crippen LogP contribution is -2.14. The van der Waals surface area contributed by atoms with Gasteiger partial charge in [0.2, 0.25) is 5.91 Å². The molecule has 31 heavy (non-hydrogen) atoms. The van der Waals surface area contributed by atoms with E-state index in [1.165, 1.54) is 17.3 Å². The Balaban J connectivity index is 1.33. The SMILES string of the molecule is COc1ccc(NC(=O)CSc2ccc(-c3ccc(-c4ccccc4)cc3)nn2)cc1. The molecule has 1 heterocycles. The van der Waals surface area contributed by atoms with Crippen molar-refractivity contribution in [3.63, 3.8) is 0 Å². The summed E-state index contributed by atoms with van der Waals surface area (Å²) in [5, 5.41) is 12.1. The summed E-state index contributed by atoms with van der Waals surface area (Å²) in [4.78, 5) is 12.2. The minimum atomic E-state index is -0.0995. The first-order valence-corrected chi connectivity index (χ1v) is 10.8. The van der Waals surface area contributed by atoms with E-state index in [2.05, 4.69) is 39.8 Å². The lowest BCUT2D eigenvalue weighted by Gasteiger charge is -2.06. The highest BCUT2D eigenvalue weighted by atomic mass is 32.2. The number of anilines is 1. The van der Waals surface area contributed by atoms with Crippen LogP contribution in [0.25, 0.3) is 22.4 Å². The van der Waals surface area contributed by atoms with Gasteiger partial charge in [0.25, 0.3) is 0 Å². The van der Waals surface area contributed by atoms with Gasteiger partial charge in [0, 0.05) is 11.3 Å². The number of rotatable bonds is 7. The predicted molar refractivity (Wildman–Crippen MR) is 125 cm³/mol. The molecule has 1 aromatic heterocycles. The molecule has 0 radical (unpaired) electrons. The molecular formula is C25H21N3O2S. The quantitative estimate of drug-likeness (QED) is 0.392. The van der Waals surface area contributed by atoms with Crippen molar-refractivity contribution >= 4 is 23.4 Å². The Morgan fingerprint density at radius 2 is 1.48 bits per heavy atom. The number of nitrogens with zero attached hydrogens (tertiary/aromatic N) is 2. The number of methoxy groups -OCH3 is 1. The van der Waals surface area contributed by atoms with Crippen molar-refractivity contribution in [2.24, 2.45) is 0 Å². The molecule has 1 N–H and O–H groups in total. The molecule has 0 aliphatic carbocycles. The highest BCUT2D eigenvalue weighted by molar-refractivity contribution is 7.99. The third kappa shape index (κ3) is 5.49. The predicted octanol–water partition coefficient (Wildman–Crippen LogP) is 5.55. The number of carbonyl (C=O) groups excluding carboxylic acids is 1. The fourth-order valence-electron chi connectivity index (χ4n) is 3.03. The van der Waals surface area contributed by atoms with Crippen molar-refractivity contribution in [3.8, 4) is 28.1 Å². The van der Waals surface area contributed by atoms with E-state index in [1.807, 2.05) is 42.5 Å². The molecule has 0 unspecified atom stereocenters. The fraction of sp³-hybridized carbons (Fsp3) is 0.0800. The number of hydrogen-bond donors (Lipinski definition) is 1. The van der Waals surface area contributed by atoms with E-state index >= 15 is 0 Å². The summed E-state index contributed by atoms with van der Waals surface area (Å²) in [7, 11) is 1.61. The van der Waals surface area contributed by atoms with E-state index in [4.69, 9.17) is 4.74 Å². The van der Waals surface area contributed by atoms with Crippen molar-refractivity contribution in [2.75, 3.05) is 18.2 Å². The second-order valence-corrected chi connectivity index (χ2v) is 7.76. The minimum absolute atomic E-state index is 0.0995. The summed E-state index contributed by atoms with van der Waals surface area (Å²) in [5.41, 5.74) is 4.87. The van der Waals surface area contributed by atoms with E-state index < -0.39 is 0 Å². The number of ether oxygens (including phenoxy) is 1. The number of thioether (sulfide) groups is 1. The van der Waals surface area contributed by atoms with Crippen LogP contribution < -0.4 is 10.1 Å². The molecule has 6 heteroatoms. The molecule has 0 bridgehead atoms. The lowest BCUT2D eigenvalue weighted by molar-refractivity contribution is -0.113. The van der Waals surface area contributed by atoms with Crippen LogP contribution in [0.5, 0.6) is 5.75 Å². The van der Waals surface area contributed by atoms with Gasteiger partial charge in [-0.3, -0.25) is 4.79 Å². The molecule has 0 saturated carbocycles. The van der Waals surface area contributed by atoms with E-state index in [-0.39, 0.29) is 11.7 Å². The molecule has 1 amide bonds. The zero-order valence-electron chi connectivity index (χ0n) is 17.0. The molecule has 0 aliphatic heterocycles. The molecule has 0 atom stereocenters. The maximum atomic E-state index is 12.2. The number of benzene rings is 3. The monoisotopic (exact) mass is 427 g/mol. The van der Waals surface area contributed by atoms with Crippen LogP contribution in [0.3, 0.4) is 0 Å². The average molecular weight is 428 g/mol. The summed E-state index contributed by atoms with van der Waals surface area (Å²) >= 11 is 1.35. The van der Waals surface area contributed by atoms with Gasteiger partial charge < -0.3 is 10.1 Å². The van der Waals surface area contributed by atoms with Crippen molar-refractivity contribution in [1.29, 1.82) is 0 Å². The first kappa shape index (κ1) is 20.6. The molecule has 154 valence electrons. The molecule has 4 aromatic rings. The Kier molecular flexibility index (Phi) is 6.59. The zero-order chi connectivity index (χ0) is 21.5. The van der Waals surface area contributed by atoms with E-state index in [0.717, 1.165) is 28.3 Å². The maximum absolute atomic E-state index is 12.2. The third-order valence-corrected chi connectivity index (χ3v) is 5.57. The zero-order valence-corrected chi connectivity index (χ0v) is 17.8. The maximum Gasteiger partial charge on any atom is 0.234 e. The van der Waals surface area contributed by atoms with Gasteiger partial charge in [-0.1, -0.05) is 66.4 Å².